The molecule has 2 aliphatic rings. The van der Waals surface area contributed by atoms with Crippen LogP contribution in [-0.4, -0.2) is 49.4 Å². The zero-order valence-electron chi connectivity index (χ0n) is 13.2. The first-order chi connectivity index (χ1) is 11.8. The Morgan fingerprint density at radius 2 is 1.96 bits per heavy atom. The Bertz CT molecular complexity index is 848. The predicted molar refractivity (Wildman–Crippen MR) is 89.0 cm³/mol. The van der Waals surface area contributed by atoms with Crippen LogP contribution in [0.2, 0.25) is 0 Å². The third-order valence-corrected chi connectivity index (χ3v) is 4.70. The molecule has 0 bridgehead atoms. The summed E-state index contributed by atoms with van der Waals surface area (Å²) in [5.74, 6) is 2.97. The van der Waals surface area contributed by atoms with Crippen molar-refractivity contribution in [3.8, 4) is 0 Å². The van der Waals surface area contributed by atoms with E-state index in [-0.39, 0.29) is 0 Å². The van der Waals surface area contributed by atoms with Gasteiger partial charge in [0, 0.05) is 37.9 Å². The van der Waals surface area contributed by atoms with Crippen LogP contribution in [0.15, 0.2) is 30.9 Å². The molecule has 0 radical (unpaired) electrons. The molecular weight excluding hydrogens is 304 g/mol. The highest BCUT2D eigenvalue weighted by Gasteiger charge is 2.28. The fraction of sp³-hybridized carbons (Fsp3) is 0.438. The maximum absolute atomic E-state index is 4.51. The number of hydrogen-bond acceptors (Lipinski definition) is 7. The van der Waals surface area contributed by atoms with E-state index < -0.39 is 0 Å². The second-order valence-corrected chi connectivity index (χ2v) is 6.59. The van der Waals surface area contributed by atoms with Gasteiger partial charge in [0.15, 0.2) is 5.65 Å². The number of anilines is 2. The second-order valence-electron chi connectivity index (χ2n) is 6.59. The minimum absolute atomic E-state index is 0.579. The number of rotatable bonds is 5. The van der Waals surface area contributed by atoms with Gasteiger partial charge >= 0.3 is 0 Å². The van der Waals surface area contributed by atoms with Gasteiger partial charge in [0.1, 0.15) is 12.1 Å². The molecule has 8 heteroatoms. The largest absolute Gasteiger partial charge is 0.354 e. The van der Waals surface area contributed by atoms with Crippen molar-refractivity contribution in [2.45, 2.75) is 18.8 Å². The monoisotopic (exact) mass is 322 g/mol. The van der Waals surface area contributed by atoms with Gasteiger partial charge in [-0.25, -0.2) is 9.97 Å². The van der Waals surface area contributed by atoms with Crippen LogP contribution in [0.5, 0.6) is 0 Å². The number of hydrogen-bond donors (Lipinski definition) is 1. The van der Waals surface area contributed by atoms with Crippen molar-refractivity contribution in [2.75, 3.05) is 29.9 Å². The smallest absolute Gasteiger partial charge is 0.222 e. The number of fused-ring (bicyclic) bond motifs is 1. The molecule has 1 saturated heterocycles. The minimum atomic E-state index is 0.579. The Morgan fingerprint density at radius 3 is 2.75 bits per heavy atom. The van der Waals surface area contributed by atoms with E-state index in [0.717, 1.165) is 37.0 Å². The zero-order valence-corrected chi connectivity index (χ0v) is 13.2. The molecule has 122 valence electrons. The van der Waals surface area contributed by atoms with Crippen LogP contribution in [-0.2, 0) is 0 Å². The summed E-state index contributed by atoms with van der Waals surface area (Å²) in [5.41, 5.74) is 2.04. The molecule has 0 amide bonds. The predicted octanol–water partition coefficient (Wildman–Crippen LogP) is 1.34. The number of nitrogens with one attached hydrogen (secondary N) is 1. The topological polar surface area (TPSA) is 84.1 Å². The van der Waals surface area contributed by atoms with Crippen LogP contribution < -0.4 is 10.2 Å². The molecule has 4 heterocycles. The maximum atomic E-state index is 4.51. The molecule has 1 saturated carbocycles. The highest BCUT2D eigenvalue weighted by Crippen LogP contribution is 2.39. The number of nitrogens with zero attached hydrogens (tertiary/aromatic N) is 7. The lowest BCUT2D eigenvalue weighted by molar-refractivity contribution is 0.424. The highest BCUT2D eigenvalue weighted by atomic mass is 15.4. The van der Waals surface area contributed by atoms with Crippen molar-refractivity contribution in [3.05, 3.63) is 36.4 Å². The van der Waals surface area contributed by atoms with E-state index >= 15 is 0 Å². The Morgan fingerprint density at radius 1 is 1.12 bits per heavy atom. The van der Waals surface area contributed by atoms with E-state index in [4.69, 9.17) is 0 Å². The van der Waals surface area contributed by atoms with E-state index in [1.807, 2.05) is 24.5 Å². The average molecular weight is 322 g/mol. The molecule has 0 atom stereocenters. The van der Waals surface area contributed by atoms with Gasteiger partial charge in [-0.3, -0.25) is 0 Å². The van der Waals surface area contributed by atoms with Gasteiger partial charge in [-0.15, -0.1) is 15.3 Å². The van der Waals surface area contributed by atoms with E-state index in [0.29, 0.717) is 11.8 Å². The Hall–Kier alpha value is -2.77. The van der Waals surface area contributed by atoms with Crippen molar-refractivity contribution in [3.63, 3.8) is 0 Å². The summed E-state index contributed by atoms with van der Waals surface area (Å²) in [4.78, 5) is 11.1. The fourth-order valence-corrected chi connectivity index (χ4v) is 3.07. The third-order valence-electron chi connectivity index (χ3n) is 4.70. The molecule has 0 unspecified atom stereocenters. The SMILES string of the molecule is c1nc(NCC2CN(c3ccc4nncn4n3)C2)ncc1C1CC1. The standard InChI is InChI=1S/C16H18N8/c1-2-12(1)13-6-18-16(19-7-13)17-5-11-8-23(9-11)15-4-3-14-21-20-10-24(14)22-15/h3-4,6-7,10-12H,1-2,5,8-9H2,(H,17,18,19). The molecular formula is C16H18N8. The summed E-state index contributed by atoms with van der Waals surface area (Å²) < 4.78 is 1.70. The van der Waals surface area contributed by atoms with Gasteiger partial charge < -0.3 is 10.2 Å². The first-order valence-electron chi connectivity index (χ1n) is 8.33. The van der Waals surface area contributed by atoms with Crippen molar-refractivity contribution < 1.29 is 0 Å². The van der Waals surface area contributed by atoms with E-state index in [1.165, 1.54) is 18.4 Å². The van der Waals surface area contributed by atoms with Crippen molar-refractivity contribution in [2.24, 2.45) is 5.92 Å². The van der Waals surface area contributed by atoms with Gasteiger partial charge in [0.05, 0.1) is 0 Å². The lowest BCUT2D eigenvalue weighted by Gasteiger charge is -2.40. The summed E-state index contributed by atoms with van der Waals surface area (Å²) in [5, 5.41) is 15.7. The van der Waals surface area contributed by atoms with Crippen LogP contribution >= 0.6 is 0 Å². The van der Waals surface area contributed by atoms with E-state index in [9.17, 15) is 0 Å². The van der Waals surface area contributed by atoms with Gasteiger partial charge in [-0.2, -0.15) is 4.52 Å². The average Bonchev–Trinajstić information content (AvgIpc) is 3.32. The summed E-state index contributed by atoms with van der Waals surface area (Å²) in [6.45, 7) is 2.84. The molecule has 1 N–H and O–H groups in total. The number of aromatic nitrogens is 6. The molecule has 0 aromatic carbocycles. The Kier molecular flexibility index (Phi) is 3.07. The van der Waals surface area contributed by atoms with Gasteiger partial charge in [0.25, 0.3) is 0 Å². The summed E-state index contributed by atoms with van der Waals surface area (Å²) in [6.07, 6.45) is 8.10. The van der Waals surface area contributed by atoms with Gasteiger partial charge in [-0.05, 0) is 36.5 Å². The first-order valence-corrected chi connectivity index (χ1v) is 8.33. The van der Waals surface area contributed by atoms with Crippen LogP contribution in [0, 0.1) is 5.92 Å². The van der Waals surface area contributed by atoms with E-state index in [1.54, 1.807) is 10.8 Å². The molecule has 3 aromatic rings. The molecule has 1 aliphatic carbocycles. The summed E-state index contributed by atoms with van der Waals surface area (Å²) >= 11 is 0. The highest BCUT2D eigenvalue weighted by molar-refractivity contribution is 5.47. The van der Waals surface area contributed by atoms with Gasteiger partial charge in [0.2, 0.25) is 5.95 Å². The molecule has 0 spiro atoms. The van der Waals surface area contributed by atoms with Gasteiger partial charge in [-0.1, -0.05) is 0 Å². The molecule has 5 rings (SSSR count). The summed E-state index contributed by atoms with van der Waals surface area (Å²) in [7, 11) is 0. The van der Waals surface area contributed by atoms with Crippen molar-refractivity contribution in [1.29, 1.82) is 0 Å². The third kappa shape index (κ3) is 2.53. The minimum Gasteiger partial charge on any atom is -0.354 e. The molecule has 8 nitrogen and oxygen atoms in total. The summed E-state index contributed by atoms with van der Waals surface area (Å²) in [6, 6.07) is 3.93. The lowest BCUT2D eigenvalue weighted by atomic mass is 10.0. The maximum Gasteiger partial charge on any atom is 0.222 e. The Labute approximate surface area is 138 Å². The fourth-order valence-electron chi connectivity index (χ4n) is 3.07. The second kappa shape index (κ2) is 5.40. The normalized spacial score (nSPS) is 17.9. The molecule has 1 aliphatic heterocycles. The van der Waals surface area contributed by atoms with Crippen LogP contribution in [0.1, 0.15) is 24.3 Å². The Balaban J connectivity index is 1.15. The van der Waals surface area contributed by atoms with Crippen LogP contribution in [0.4, 0.5) is 11.8 Å². The van der Waals surface area contributed by atoms with Crippen molar-refractivity contribution >= 4 is 17.4 Å². The molecule has 24 heavy (non-hydrogen) atoms. The first kappa shape index (κ1) is 13.6. The molecule has 2 fully saturated rings. The zero-order chi connectivity index (χ0) is 15.9. The quantitative estimate of drug-likeness (QED) is 0.759. The van der Waals surface area contributed by atoms with E-state index in [2.05, 4.69) is 35.5 Å². The van der Waals surface area contributed by atoms with Crippen LogP contribution in [0.25, 0.3) is 5.65 Å². The van der Waals surface area contributed by atoms with Crippen molar-refractivity contribution in [1.82, 2.24) is 29.8 Å². The lowest BCUT2D eigenvalue weighted by Crippen LogP contribution is -2.50. The molecule has 3 aromatic heterocycles. The van der Waals surface area contributed by atoms with Crippen LogP contribution in [0.3, 0.4) is 0 Å².